The lowest BCUT2D eigenvalue weighted by Gasteiger charge is -2.15. The van der Waals surface area contributed by atoms with E-state index in [-0.39, 0.29) is 17.7 Å². The minimum atomic E-state index is -0.282. The van der Waals surface area contributed by atoms with E-state index >= 15 is 0 Å². The van der Waals surface area contributed by atoms with E-state index in [1.54, 1.807) is 6.92 Å². The van der Waals surface area contributed by atoms with Crippen LogP contribution in [-0.2, 0) is 14.4 Å². The zero-order valence-corrected chi connectivity index (χ0v) is 18.1. The first kappa shape index (κ1) is 25.8. The first-order valence-electron chi connectivity index (χ1n) is 11.3. The minimum absolute atomic E-state index is 0.113. The summed E-state index contributed by atoms with van der Waals surface area (Å²) in [4.78, 5) is 34.2. The van der Waals surface area contributed by atoms with Gasteiger partial charge in [0.05, 0.1) is 6.04 Å². The molecular formula is C23H43NO3. The molecule has 0 aromatic carbocycles. The Hall–Kier alpha value is -1.19. The smallest absolute Gasteiger partial charge is 0.217 e. The molecule has 1 N–H and O–H groups in total. The maximum atomic E-state index is 12.2. The average Bonchev–Trinajstić information content (AvgIpc) is 2.60. The van der Waals surface area contributed by atoms with Gasteiger partial charge in [-0.05, 0) is 26.2 Å². The second kappa shape index (κ2) is 18.2. The van der Waals surface area contributed by atoms with Gasteiger partial charge in [-0.15, -0.1) is 0 Å². The molecule has 1 atom stereocenters. The van der Waals surface area contributed by atoms with Crippen molar-refractivity contribution in [1.82, 2.24) is 5.32 Å². The summed E-state index contributed by atoms with van der Waals surface area (Å²) in [6, 6.07) is -0.282. The molecule has 0 saturated carbocycles. The summed E-state index contributed by atoms with van der Waals surface area (Å²) < 4.78 is 0. The highest BCUT2D eigenvalue weighted by Gasteiger charge is 2.17. The summed E-state index contributed by atoms with van der Waals surface area (Å²) >= 11 is 0. The number of ketones is 2. The predicted molar refractivity (Wildman–Crippen MR) is 113 cm³/mol. The number of unbranched alkanes of at least 4 members (excludes halogenated alkanes) is 11. The molecule has 0 aliphatic carbocycles. The van der Waals surface area contributed by atoms with E-state index in [0.717, 1.165) is 38.5 Å². The molecule has 0 spiro atoms. The Balaban J connectivity index is 3.42. The number of nitrogens with one attached hydrogen (secondary N) is 1. The minimum Gasteiger partial charge on any atom is -0.347 e. The van der Waals surface area contributed by atoms with Gasteiger partial charge < -0.3 is 10.1 Å². The molecule has 4 nitrogen and oxygen atoms in total. The van der Waals surface area contributed by atoms with Crippen molar-refractivity contribution < 1.29 is 14.4 Å². The Labute approximate surface area is 167 Å². The van der Waals surface area contributed by atoms with Gasteiger partial charge in [0.15, 0.2) is 5.78 Å². The fourth-order valence-corrected chi connectivity index (χ4v) is 3.46. The van der Waals surface area contributed by atoms with E-state index in [1.807, 2.05) is 6.92 Å². The SMILES string of the molecule is CCC[C@@H](NC(C)=O)C(=O)CCCCCCCCCCCCCCC(C)=O. The van der Waals surface area contributed by atoms with E-state index in [4.69, 9.17) is 0 Å². The number of hydrogen-bond acceptors (Lipinski definition) is 3. The number of rotatable bonds is 19. The largest absolute Gasteiger partial charge is 0.347 e. The third kappa shape index (κ3) is 18.0. The summed E-state index contributed by atoms with van der Waals surface area (Å²) in [7, 11) is 0. The van der Waals surface area contributed by atoms with Gasteiger partial charge in [0, 0.05) is 19.8 Å². The molecule has 27 heavy (non-hydrogen) atoms. The fraction of sp³-hybridized carbons (Fsp3) is 0.870. The molecule has 0 rings (SSSR count). The van der Waals surface area contributed by atoms with Gasteiger partial charge in [-0.3, -0.25) is 9.59 Å². The van der Waals surface area contributed by atoms with Crippen molar-refractivity contribution in [3.63, 3.8) is 0 Å². The zero-order chi connectivity index (χ0) is 20.3. The Morgan fingerprint density at radius 1 is 0.667 bits per heavy atom. The first-order valence-corrected chi connectivity index (χ1v) is 11.3. The summed E-state index contributed by atoms with van der Waals surface area (Å²) in [6.45, 7) is 5.19. The maximum absolute atomic E-state index is 12.2. The molecule has 0 aliphatic heterocycles. The number of Topliss-reactive ketones (excluding diaryl/α,β-unsaturated/α-hetero) is 2. The highest BCUT2D eigenvalue weighted by atomic mass is 16.2. The van der Waals surface area contributed by atoms with Crippen molar-refractivity contribution in [3.8, 4) is 0 Å². The molecule has 0 aromatic heterocycles. The van der Waals surface area contributed by atoms with Crippen molar-refractivity contribution in [2.24, 2.45) is 0 Å². The molecule has 0 bridgehead atoms. The molecule has 0 unspecified atom stereocenters. The van der Waals surface area contributed by atoms with E-state index in [9.17, 15) is 14.4 Å². The molecule has 158 valence electrons. The number of carbonyl (C=O) groups is 3. The van der Waals surface area contributed by atoms with Gasteiger partial charge in [-0.25, -0.2) is 0 Å². The standard InChI is InChI=1S/C23H43NO3/c1-4-17-22(24-21(3)26)23(27)19-16-14-12-10-8-6-5-7-9-11-13-15-18-20(2)25/h22H,4-19H2,1-3H3,(H,24,26)/t22-/m1/s1. The lowest BCUT2D eigenvalue weighted by molar-refractivity contribution is -0.127. The quantitative estimate of drug-likeness (QED) is 0.283. The lowest BCUT2D eigenvalue weighted by atomic mass is 10.0. The van der Waals surface area contributed by atoms with Crippen LogP contribution in [0.25, 0.3) is 0 Å². The highest BCUT2D eigenvalue weighted by Crippen LogP contribution is 2.13. The molecular weight excluding hydrogens is 338 g/mol. The monoisotopic (exact) mass is 381 g/mol. The van der Waals surface area contributed by atoms with Gasteiger partial charge in [-0.2, -0.15) is 0 Å². The molecule has 0 aliphatic rings. The number of amides is 1. The first-order chi connectivity index (χ1) is 13.0. The molecule has 0 heterocycles. The van der Waals surface area contributed by atoms with Crippen LogP contribution >= 0.6 is 0 Å². The molecule has 0 saturated heterocycles. The van der Waals surface area contributed by atoms with E-state index in [1.165, 1.54) is 64.7 Å². The van der Waals surface area contributed by atoms with Gasteiger partial charge in [-0.1, -0.05) is 77.6 Å². The molecule has 1 amide bonds. The summed E-state index contributed by atoms with van der Waals surface area (Å²) in [5.41, 5.74) is 0. The molecule has 4 heteroatoms. The maximum Gasteiger partial charge on any atom is 0.217 e. The van der Waals surface area contributed by atoms with Gasteiger partial charge in [0.25, 0.3) is 0 Å². The Bertz CT molecular complexity index is 406. The Kier molecular flexibility index (Phi) is 17.4. The van der Waals surface area contributed by atoms with Crippen LogP contribution in [0.5, 0.6) is 0 Å². The number of hydrogen-bond donors (Lipinski definition) is 1. The summed E-state index contributed by atoms with van der Waals surface area (Å²) in [6.07, 6.45) is 17.6. The zero-order valence-electron chi connectivity index (χ0n) is 18.1. The molecule has 0 aromatic rings. The second-order valence-corrected chi connectivity index (χ2v) is 7.95. The van der Waals surface area contributed by atoms with Crippen LogP contribution in [0, 0.1) is 0 Å². The lowest BCUT2D eigenvalue weighted by Crippen LogP contribution is -2.39. The van der Waals surface area contributed by atoms with Crippen LogP contribution in [-0.4, -0.2) is 23.5 Å². The Morgan fingerprint density at radius 3 is 1.44 bits per heavy atom. The van der Waals surface area contributed by atoms with Crippen molar-refractivity contribution >= 4 is 17.5 Å². The van der Waals surface area contributed by atoms with E-state index in [2.05, 4.69) is 5.32 Å². The molecule has 0 radical (unpaired) electrons. The van der Waals surface area contributed by atoms with Crippen molar-refractivity contribution in [1.29, 1.82) is 0 Å². The fourth-order valence-electron chi connectivity index (χ4n) is 3.46. The Morgan fingerprint density at radius 2 is 1.07 bits per heavy atom. The van der Waals surface area contributed by atoms with E-state index in [0.29, 0.717) is 12.2 Å². The normalized spacial score (nSPS) is 12.0. The van der Waals surface area contributed by atoms with Crippen LogP contribution in [0.4, 0.5) is 0 Å². The van der Waals surface area contributed by atoms with Crippen molar-refractivity contribution in [3.05, 3.63) is 0 Å². The number of carbonyl (C=O) groups excluding carboxylic acids is 3. The van der Waals surface area contributed by atoms with Crippen LogP contribution in [0.2, 0.25) is 0 Å². The predicted octanol–water partition coefficient (Wildman–Crippen LogP) is 5.91. The second-order valence-electron chi connectivity index (χ2n) is 7.95. The molecule has 0 fully saturated rings. The van der Waals surface area contributed by atoms with Crippen molar-refractivity contribution in [2.75, 3.05) is 0 Å². The summed E-state index contributed by atoms with van der Waals surface area (Å²) in [5.74, 6) is 0.390. The van der Waals surface area contributed by atoms with Gasteiger partial charge >= 0.3 is 0 Å². The third-order valence-corrected chi connectivity index (χ3v) is 5.05. The topological polar surface area (TPSA) is 63.2 Å². The van der Waals surface area contributed by atoms with Crippen LogP contribution in [0.3, 0.4) is 0 Å². The van der Waals surface area contributed by atoms with Crippen molar-refractivity contribution in [2.45, 2.75) is 130 Å². The van der Waals surface area contributed by atoms with Gasteiger partial charge in [0.1, 0.15) is 5.78 Å². The van der Waals surface area contributed by atoms with Gasteiger partial charge in [0.2, 0.25) is 5.91 Å². The van der Waals surface area contributed by atoms with E-state index < -0.39 is 0 Å². The van der Waals surface area contributed by atoms with Crippen LogP contribution < -0.4 is 5.32 Å². The van der Waals surface area contributed by atoms with Crippen LogP contribution in [0.15, 0.2) is 0 Å². The van der Waals surface area contributed by atoms with Crippen LogP contribution in [0.1, 0.15) is 124 Å². The third-order valence-electron chi connectivity index (χ3n) is 5.05. The average molecular weight is 382 g/mol. The highest BCUT2D eigenvalue weighted by molar-refractivity contribution is 5.88. The summed E-state index contributed by atoms with van der Waals surface area (Å²) in [5, 5.41) is 2.78.